The zero-order chi connectivity index (χ0) is 13.9. The maximum Gasteiger partial charge on any atom is 0.0826 e. The number of hydrogen-bond donors (Lipinski definition) is 1. The van der Waals surface area contributed by atoms with Gasteiger partial charge in [-0.05, 0) is 25.0 Å². The van der Waals surface area contributed by atoms with Crippen LogP contribution in [0.2, 0.25) is 10.0 Å². The van der Waals surface area contributed by atoms with Crippen molar-refractivity contribution in [3.63, 3.8) is 0 Å². The molecule has 0 aromatic heterocycles. The van der Waals surface area contributed by atoms with Crippen LogP contribution in [0.15, 0.2) is 18.2 Å². The molecular formula is C15H20Cl2N2O. The van der Waals surface area contributed by atoms with Gasteiger partial charge in [0, 0.05) is 47.8 Å². The van der Waals surface area contributed by atoms with E-state index in [1.165, 1.54) is 12.8 Å². The van der Waals surface area contributed by atoms with Crippen LogP contribution in [-0.2, 0) is 11.3 Å². The van der Waals surface area contributed by atoms with Crippen molar-refractivity contribution in [1.29, 1.82) is 0 Å². The Morgan fingerprint density at radius 2 is 2.00 bits per heavy atom. The molecule has 0 spiro atoms. The quantitative estimate of drug-likeness (QED) is 0.904. The van der Waals surface area contributed by atoms with Crippen LogP contribution in [0.5, 0.6) is 0 Å². The summed E-state index contributed by atoms with van der Waals surface area (Å²) in [6.07, 6.45) is 2.98. The van der Waals surface area contributed by atoms with Crippen molar-refractivity contribution in [2.45, 2.75) is 31.5 Å². The lowest BCUT2D eigenvalue weighted by atomic mass is 10.2. The lowest BCUT2D eigenvalue weighted by Gasteiger charge is -2.33. The second-order valence-electron chi connectivity index (χ2n) is 5.55. The van der Waals surface area contributed by atoms with E-state index in [1.54, 1.807) is 0 Å². The maximum atomic E-state index is 6.16. The molecule has 1 unspecified atom stereocenters. The molecule has 2 fully saturated rings. The van der Waals surface area contributed by atoms with Crippen molar-refractivity contribution < 1.29 is 4.74 Å². The Morgan fingerprint density at radius 3 is 2.70 bits per heavy atom. The number of nitrogens with zero attached hydrogens (tertiary/aromatic N) is 1. The van der Waals surface area contributed by atoms with Crippen LogP contribution in [0, 0.1) is 0 Å². The largest absolute Gasteiger partial charge is 0.374 e. The van der Waals surface area contributed by atoms with Crippen LogP contribution in [0.25, 0.3) is 0 Å². The Kier molecular flexibility index (Phi) is 4.84. The van der Waals surface area contributed by atoms with Crippen LogP contribution in [0.3, 0.4) is 0 Å². The van der Waals surface area contributed by atoms with Gasteiger partial charge in [0.05, 0.1) is 12.7 Å². The molecule has 2 aliphatic rings. The van der Waals surface area contributed by atoms with E-state index in [0.717, 1.165) is 37.8 Å². The third-order valence-corrected chi connectivity index (χ3v) is 4.68. The minimum Gasteiger partial charge on any atom is -0.374 e. The highest BCUT2D eigenvalue weighted by Gasteiger charge is 2.32. The van der Waals surface area contributed by atoms with Crippen LogP contribution in [0.1, 0.15) is 18.4 Å². The fourth-order valence-corrected chi connectivity index (χ4v) is 3.23. The minimum absolute atomic E-state index is 0.269. The summed E-state index contributed by atoms with van der Waals surface area (Å²) in [5.74, 6) is 0. The summed E-state index contributed by atoms with van der Waals surface area (Å²) in [5.41, 5.74) is 0.964. The summed E-state index contributed by atoms with van der Waals surface area (Å²) in [6, 6.07) is 6.43. The monoisotopic (exact) mass is 314 g/mol. The summed E-state index contributed by atoms with van der Waals surface area (Å²) >= 11 is 12.3. The van der Waals surface area contributed by atoms with Gasteiger partial charge >= 0.3 is 0 Å². The standard InChI is InChI=1S/C15H20Cl2N2O/c16-14-2-1-3-15(17)13(14)9-18-8-12-10-19(6-7-20-12)11-4-5-11/h1-3,11-12,18H,4-10H2. The zero-order valence-electron chi connectivity index (χ0n) is 11.4. The Bertz CT molecular complexity index is 445. The first-order valence-corrected chi connectivity index (χ1v) is 7.99. The van der Waals surface area contributed by atoms with Crippen molar-refractivity contribution in [2.24, 2.45) is 0 Å². The van der Waals surface area contributed by atoms with Gasteiger partial charge in [-0.3, -0.25) is 4.90 Å². The highest BCUT2D eigenvalue weighted by Crippen LogP contribution is 2.28. The first-order valence-electron chi connectivity index (χ1n) is 7.23. The van der Waals surface area contributed by atoms with Gasteiger partial charge in [-0.25, -0.2) is 0 Å². The third kappa shape index (κ3) is 3.66. The molecule has 5 heteroatoms. The fraction of sp³-hybridized carbons (Fsp3) is 0.600. The highest BCUT2D eigenvalue weighted by atomic mass is 35.5. The second kappa shape index (κ2) is 6.63. The first kappa shape index (κ1) is 14.6. The zero-order valence-corrected chi connectivity index (χ0v) is 13.0. The van der Waals surface area contributed by atoms with Gasteiger partial charge in [-0.15, -0.1) is 0 Å². The number of hydrogen-bond acceptors (Lipinski definition) is 3. The molecule has 1 aromatic rings. The Hall–Kier alpha value is -0.320. The van der Waals surface area contributed by atoms with Crippen LogP contribution >= 0.6 is 23.2 Å². The van der Waals surface area contributed by atoms with Gasteiger partial charge in [-0.1, -0.05) is 29.3 Å². The molecule has 110 valence electrons. The number of rotatable bonds is 5. The summed E-state index contributed by atoms with van der Waals surface area (Å²) in [7, 11) is 0. The fourth-order valence-electron chi connectivity index (χ4n) is 2.70. The van der Waals surface area contributed by atoms with E-state index >= 15 is 0 Å². The molecule has 20 heavy (non-hydrogen) atoms. The number of benzene rings is 1. The van der Waals surface area contributed by atoms with E-state index in [9.17, 15) is 0 Å². The summed E-state index contributed by atoms with van der Waals surface area (Å²) in [6.45, 7) is 4.48. The van der Waals surface area contributed by atoms with Gasteiger partial charge in [0.15, 0.2) is 0 Å². The molecule has 1 aromatic carbocycles. The smallest absolute Gasteiger partial charge is 0.0826 e. The molecule has 0 amide bonds. The Morgan fingerprint density at radius 1 is 1.25 bits per heavy atom. The van der Waals surface area contributed by atoms with Crippen LogP contribution in [0.4, 0.5) is 0 Å². The van der Waals surface area contributed by atoms with E-state index in [1.807, 2.05) is 18.2 Å². The molecule has 0 bridgehead atoms. The van der Waals surface area contributed by atoms with E-state index in [2.05, 4.69) is 10.2 Å². The van der Waals surface area contributed by atoms with E-state index < -0.39 is 0 Å². The Balaban J connectivity index is 1.47. The average molecular weight is 315 g/mol. The molecule has 3 rings (SSSR count). The summed E-state index contributed by atoms with van der Waals surface area (Å²) < 4.78 is 5.81. The predicted octanol–water partition coefficient (Wildman–Crippen LogP) is 2.95. The second-order valence-corrected chi connectivity index (χ2v) is 6.36. The van der Waals surface area contributed by atoms with Crippen molar-refractivity contribution >= 4 is 23.2 Å². The molecule has 1 saturated carbocycles. The van der Waals surface area contributed by atoms with Crippen molar-refractivity contribution in [3.8, 4) is 0 Å². The highest BCUT2D eigenvalue weighted by molar-refractivity contribution is 6.35. The molecule has 1 N–H and O–H groups in total. The molecule has 1 aliphatic heterocycles. The molecule has 1 atom stereocenters. The number of ether oxygens (including phenoxy) is 1. The van der Waals surface area contributed by atoms with E-state index in [4.69, 9.17) is 27.9 Å². The normalized spacial score (nSPS) is 24.0. The van der Waals surface area contributed by atoms with Gasteiger partial charge in [-0.2, -0.15) is 0 Å². The number of morpholine rings is 1. The van der Waals surface area contributed by atoms with Crippen molar-refractivity contribution in [3.05, 3.63) is 33.8 Å². The Labute approximate surface area is 130 Å². The van der Waals surface area contributed by atoms with E-state index in [0.29, 0.717) is 16.6 Å². The lowest BCUT2D eigenvalue weighted by Crippen LogP contribution is -2.47. The maximum absolute atomic E-state index is 6.16. The molecule has 1 saturated heterocycles. The number of nitrogens with one attached hydrogen (secondary N) is 1. The third-order valence-electron chi connectivity index (χ3n) is 3.97. The minimum atomic E-state index is 0.269. The predicted molar refractivity (Wildman–Crippen MR) is 82.5 cm³/mol. The molecular weight excluding hydrogens is 295 g/mol. The number of halogens is 2. The van der Waals surface area contributed by atoms with Crippen molar-refractivity contribution in [2.75, 3.05) is 26.2 Å². The molecule has 1 aliphatic carbocycles. The summed E-state index contributed by atoms with van der Waals surface area (Å²) in [4.78, 5) is 2.55. The topological polar surface area (TPSA) is 24.5 Å². The summed E-state index contributed by atoms with van der Waals surface area (Å²) in [5, 5.41) is 4.85. The van der Waals surface area contributed by atoms with E-state index in [-0.39, 0.29) is 6.10 Å². The first-order chi connectivity index (χ1) is 9.74. The molecule has 1 heterocycles. The average Bonchev–Trinajstić information content (AvgIpc) is 3.27. The lowest BCUT2D eigenvalue weighted by molar-refractivity contribution is -0.0301. The van der Waals surface area contributed by atoms with Crippen LogP contribution in [-0.4, -0.2) is 43.3 Å². The van der Waals surface area contributed by atoms with Gasteiger partial charge in [0.2, 0.25) is 0 Å². The van der Waals surface area contributed by atoms with Gasteiger partial charge < -0.3 is 10.1 Å². The van der Waals surface area contributed by atoms with Gasteiger partial charge in [0.1, 0.15) is 0 Å². The molecule has 0 radical (unpaired) electrons. The van der Waals surface area contributed by atoms with Crippen LogP contribution < -0.4 is 5.32 Å². The SMILES string of the molecule is Clc1cccc(Cl)c1CNCC1CN(C2CC2)CCO1. The van der Waals surface area contributed by atoms with Crippen molar-refractivity contribution in [1.82, 2.24) is 10.2 Å². The molecule has 3 nitrogen and oxygen atoms in total. The van der Waals surface area contributed by atoms with Gasteiger partial charge in [0.25, 0.3) is 0 Å².